The van der Waals surface area contributed by atoms with Crippen molar-refractivity contribution >= 4 is 11.7 Å². The summed E-state index contributed by atoms with van der Waals surface area (Å²) in [6, 6.07) is 22.1. The Morgan fingerprint density at radius 1 is 1.00 bits per heavy atom. The average Bonchev–Trinajstić information content (AvgIpc) is 3.28. The minimum absolute atomic E-state index is 0.120. The Bertz CT molecular complexity index is 953. The molecule has 5 nitrogen and oxygen atoms in total. The van der Waals surface area contributed by atoms with Gasteiger partial charge in [-0.2, -0.15) is 0 Å². The van der Waals surface area contributed by atoms with Gasteiger partial charge in [-0.25, -0.2) is 9.97 Å². The summed E-state index contributed by atoms with van der Waals surface area (Å²) in [6.45, 7) is 0.704. The zero-order valence-electron chi connectivity index (χ0n) is 16.7. The molecule has 0 bridgehead atoms. The highest BCUT2D eigenvalue weighted by Crippen LogP contribution is 2.22. The maximum atomic E-state index is 12.9. The molecule has 1 aromatic heterocycles. The van der Waals surface area contributed by atoms with Crippen molar-refractivity contribution in [3.63, 3.8) is 0 Å². The van der Waals surface area contributed by atoms with E-state index in [2.05, 4.69) is 27.3 Å². The van der Waals surface area contributed by atoms with Gasteiger partial charge in [0.05, 0.1) is 0 Å². The number of benzene rings is 2. The molecule has 0 aliphatic heterocycles. The van der Waals surface area contributed by atoms with Gasteiger partial charge in [-0.15, -0.1) is 0 Å². The van der Waals surface area contributed by atoms with Crippen LogP contribution in [0.4, 0.5) is 5.82 Å². The minimum Gasteiger partial charge on any atom is -0.355 e. The Hall–Kier alpha value is -3.21. The van der Waals surface area contributed by atoms with Crippen LogP contribution in [0, 0.1) is 0 Å². The predicted octanol–water partition coefficient (Wildman–Crippen LogP) is 4.45. The first-order valence-electron chi connectivity index (χ1n) is 10.2. The standard InChI is InChI=1S/C24H26N4O/c1-28(17-18-10-4-2-5-11-18)22-16-21(24(29)25-20-14-8-9-15-20)26-23(27-22)19-12-6-3-7-13-19/h2-7,10-13,16,20H,8-9,14-15,17H2,1H3,(H,25,29). The molecule has 1 saturated carbocycles. The van der Waals surface area contributed by atoms with Crippen LogP contribution in [0.25, 0.3) is 11.4 Å². The molecule has 1 amide bonds. The van der Waals surface area contributed by atoms with Gasteiger partial charge in [-0.3, -0.25) is 4.79 Å². The first kappa shape index (κ1) is 19.1. The van der Waals surface area contributed by atoms with Crippen LogP contribution in [-0.2, 0) is 6.54 Å². The Morgan fingerprint density at radius 3 is 2.34 bits per heavy atom. The van der Waals surface area contributed by atoms with Crippen molar-refractivity contribution in [2.45, 2.75) is 38.3 Å². The van der Waals surface area contributed by atoms with E-state index in [0.717, 1.165) is 24.2 Å². The van der Waals surface area contributed by atoms with E-state index in [1.54, 1.807) is 6.07 Å². The fraction of sp³-hybridized carbons (Fsp3) is 0.292. The maximum Gasteiger partial charge on any atom is 0.270 e. The first-order valence-corrected chi connectivity index (χ1v) is 10.2. The molecule has 0 saturated heterocycles. The summed E-state index contributed by atoms with van der Waals surface area (Å²) < 4.78 is 0. The summed E-state index contributed by atoms with van der Waals surface area (Å²) in [5, 5.41) is 3.14. The van der Waals surface area contributed by atoms with Crippen molar-refractivity contribution in [1.82, 2.24) is 15.3 Å². The molecule has 0 radical (unpaired) electrons. The van der Waals surface area contributed by atoms with E-state index in [4.69, 9.17) is 4.98 Å². The van der Waals surface area contributed by atoms with Crippen LogP contribution >= 0.6 is 0 Å². The lowest BCUT2D eigenvalue weighted by atomic mass is 10.2. The number of hydrogen-bond acceptors (Lipinski definition) is 4. The lowest BCUT2D eigenvalue weighted by Gasteiger charge is -2.20. The minimum atomic E-state index is -0.120. The van der Waals surface area contributed by atoms with Gasteiger partial charge < -0.3 is 10.2 Å². The average molecular weight is 386 g/mol. The number of carbonyl (C=O) groups excluding carboxylic acids is 1. The lowest BCUT2D eigenvalue weighted by molar-refractivity contribution is 0.0933. The van der Waals surface area contributed by atoms with Crippen molar-refractivity contribution < 1.29 is 4.79 Å². The van der Waals surface area contributed by atoms with E-state index >= 15 is 0 Å². The van der Waals surface area contributed by atoms with Crippen molar-refractivity contribution in [3.05, 3.63) is 78.0 Å². The number of amides is 1. The van der Waals surface area contributed by atoms with Crippen LogP contribution in [0.5, 0.6) is 0 Å². The van der Waals surface area contributed by atoms with Crippen LogP contribution in [0.15, 0.2) is 66.7 Å². The molecule has 29 heavy (non-hydrogen) atoms. The molecule has 1 N–H and O–H groups in total. The quantitative estimate of drug-likeness (QED) is 0.680. The molecule has 0 atom stereocenters. The van der Waals surface area contributed by atoms with Crippen LogP contribution in [0.3, 0.4) is 0 Å². The van der Waals surface area contributed by atoms with E-state index in [-0.39, 0.29) is 11.9 Å². The Kier molecular flexibility index (Phi) is 5.84. The lowest BCUT2D eigenvalue weighted by Crippen LogP contribution is -2.33. The normalized spacial score (nSPS) is 14.0. The van der Waals surface area contributed by atoms with E-state index in [1.165, 1.54) is 18.4 Å². The van der Waals surface area contributed by atoms with Gasteiger partial charge in [-0.1, -0.05) is 73.5 Å². The molecule has 1 aliphatic rings. The number of rotatable bonds is 6. The third-order valence-electron chi connectivity index (χ3n) is 5.32. The summed E-state index contributed by atoms with van der Waals surface area (Å²) in [6.07, 6.45) is 4.44. The monoisotopic (exact) mass is 386 g/mol. The van der Waals surface area contributed by atoms with Crippen LogP contribution in [0.2, 0.25) is 0 Å². The number of aromatic nitrogens is 2. The van der Waals surface area contributed by atoms with Gasteiger partial charge in [0.15, 0.2) is 5.82 Å². The number of anilines is 1. The van der Waals surface area contributed by atoms with Crippen LogP contribution in [-0.4, -0.2) is 29.0 Å². The van der Waals surface area contributed by atoms with Gasteiger partial charge in [0.25, 0.3) is 5.91 Å². The number of carbonyl (C=O) groups is 1. The second-order valence-electron chi connectivity index (χ2n) is 7.60. The molecule has 0 spiro atoms. The largest absolute Gasteiger partial charge is 0.355 e. The number of hydrogen-bond donors (Lipinski definition) is 1. The summed E-state index contributed by atoms with van der Waals surface area (Å²) in [5.74, 6) is 1.18. The fourth-order valence-electron chi connectivity index (χ4n) is 3.73. The van der Waals surface area contributed by atoms with Gasteiger partial charge in [0.2, 0.25) is 0 Å². The number of nitrogens with one attached hydrogen (secondary N) is 1. The molecule has 0 unspecified atom stereocenters. The van der Waals surface area contributed by atoms with E-state index < -0.39 is 0 Å². The Balaban J connectivity index is 1.65. The molecule has 5 heteroatoms. The molecule has 148 valence electrons. The SMILES string of the molecule is CN(Cc1ccccc1)c1cc(C(=O)NC2CCCC2)nc(-c2ccccc2)n1. The Labute approximate surface area is 171 Å². The maximum absolute atomic E-state index is 12.9. The highest BCUT2D eigenvalue weighted by atomic mass is 16.1. The topological polar surface area (TPSA) is 58.1 Å². The van der Waals surface area contributed by atoms with Crippen molar-refractivity contribution in [2.75, 3.05) is 11.9 Å². The van der Waals surface area contributed by atoms with Gasteiger partial charge in [-0.05, 0) is 18.4 Å². The molecule has 1 aliphatic carbocycles. The summed E-state index contributed by atoms with van der Waals surface area (Å²) in [5.41, 5.74) is 2.50. The molecule has 1 fully saturated rings. The van der Waals surface area contributed by atoms with E-state index in [0.29, 0.717) is 18.1 Å². The predicted molar refractivity (Wildman–Crippen MR) is 116 cm³/mol. The smallest absolute Gasteiger partial charge is 0.270 e. The third kappa shape index (κ3) is 4.80. The summed E-state index contributed by atoms with van der Waals surface area (Å²) in [4.78, 5) is 24.3. The van der Waals surface area contributed by atoms with Crippen molar-refractivity contribution in [3.8, 4) is 11.4 Å². The van der Waals surface area contributed by atoms with Gasteiger partial charge in [0, 0.05) is 31.3 Å². The van der Waals surface area contributed by atoms with Gasteiger partial charge in [0.1, 0.15) is 11.5 Å². The third-order valence-corrected chi connectivity index (χ3v) is 5.32. The number of nitrogens with zero attached hydrogens (tertiary/aromatic N) is 3. The van der Waals surface area contributed by atoms with Gasteiger partial charge >= 0.3 is 0 Å². The fourth-order valence-corrected chi connectivity index (χ4v) is 3.73. The summed E-state index contributed by atoms with van der Waals surface area (Å²) >= 11 is 0. The zero-order chi connectivity index (χ0) is 20.1. The molecule has 3 aromatic rings. The molecule has 2 aromatic carbocycles. The van der Waals surface area contributed by atoms with Crippen molar-refractivity contribution in [1.29, 1.82) is 0 Å². The zero-order valence-corrected chi connectivity index (χ0v) is 16.7. The van der Waals surface area contributed by atoms with Crippen LogP contribution < -0.4 is 10.2 Å². The second-order valence-corrected chi connectivity index (χ2v) is 7.60. The van der Waals surface area contributed by atoms with Crippen molar-refractivity contribution in [2.24, 2.45) is 0 Å². The molecular weight excluding hydrogens is 360 g/mol. The molecule has 1 heterocycles. The summed E-state index contributed by atoms with van der Waals surface area (Å²) in [7, 11) is 1.99. The molecular formula is C24H26N4O. The van der Waals surface area contributed by atoms with Crippen LogP contribution in [0.1, 0.15) is 41.7 Å². The Morgan fingerprint density at radius 2 is 1.66 bits per heavy atom. The second kappa shape index (κ2) is 8.86. The van der Waals surface area contributed by atoms with E-state index in [9.17, 15) is 4.79 Å². The highest BCUT2D eigenvalue weighted by molar-refractivity contribution is 5.93. The van der Waals surface area contributed by atoms with E-state index in [1.807, 2.05) is 55.6 Å². The highest BCUT2D eigenvalue weighted by Gasteiger charge is 2.20. The molecule has 4 rings (SSSR count). The first-order chi connectivity index (χ1) is 14.2.